The van der Waals surface area contributed by atoms with E-state index in [0.29, 0.717) is 22.9 Å². The van der Waals surface area contributed by atoms with Gasteiger partial charge in [-0.1, -0.05) is 17.7 Å². The minimum atomic E-state index is -3.81. The zero-order chi connectivity index (χ0) is 20.1. The van der Waals surface area contributed by atoms with Crippen molar-refractivity contribution in [1.29, 1.82) is 5.26 Å². The van der Waals surface area contributed by atoms with Gasteiger partial charge in [-0.2, -0.15) is 5.26 Å². The maximum Gasteiger partial charge on any atom is 0.309 e. The second-order valence-corrected chi connectivity index (χ2v) is 8.83. The number of ether oxygens (including phenoxy) is 1. The molecule has 1 heterocycles. The third-order valence-electron chi connectivity index (χ3n) is 5.20. The highest BCUT2D eigenvalue weighted by Gasteiger charge is 2.46. The Morgan fingerprint density at radius 1 is 1.21 bits per heavy atom. The van der Waals surface area contributed by atoms with Gasteiger partial charge in [0.2, 0.25) is 0 Å². The first-order valence-electron chi connectivity index (χ1n) is 8.82. The number of aromatic nitrogens is 1. The smallest absolute Gasteiger partial charge is 0.309 e. The summed E-state index contributed by atoms with van der Waals surface area (Å²) in [5, 5.41) is 9.91. The van der Waals surface area contributed by atoms with Crippen LogP contribution in [0.2, 0.25) is 0 Å². The number of benzene rings is 2. The molecule has 6 nitrogen and oxygen atoms in total. The molecule has 0 spiro atoms. The summed E-state index contributed by atoms with van der Waals surface area (Å²) in [6, 6.07) is 13.7. The molecule has 28 heavy (non-hydrogen) atoms. The van der Waals surface area contributed by atoms with Crippen molar-refractivity contribution in [1.82, 2.24) is 3.97 Å². The lowest BCUT2D eigenvalue weighted by molar-refractivity contribution is -0.142. The normalized spacial score (nSPS) is 18.6. The molecule has 1 aliphatic rings. The second kappa shape index (κ2) is 6.50. The maximum atomic E-state index is 13.2. The molecule has 0 N–H and O–H groups in total. The fraction of sp³-hybridized carbons (Fsp3) is 0.238. The van der Waals surface area contributed by atoms with Gasteiger partial charge in [0.05, 0.1) is 35.1 Å². The number of carbonyl (C=O) groups is 1. The Kier molecular flexibility index (Phi) is 4.24. The lowest BCUT2D eigenvalue weighted by Crippen LogP contribution is -2.11. The zero-order valence-electron chi connectivity index (χ0n) is 15.4. The van der Waals surface area contributed by atoms with Gasteiger partial charge in [-0.25, -0.2) is 12.4 Å². The molecule has 1 aliphatic carbocycles. The third-order valence-corrected chi connectivity index (χ3v) is 6.89. The molecule has 7 heteroatoms. The zero-order valence-corrected chi connectivity index (χ0v) is 16.2. The number of hydrogen-bond acceptors (Lipinski definition) is 5. The van der Waals surface area contributed by atoms with E-state index in [4.69, 9.17) is 4.74 Å². The van der Waals surface area contributed by atoms with Crippen molar-refractivity contribution in [3.8, 4) is 6.07 Å². The molecule has 142 valence electrons. The number of nitriles is 1. The highest BCUT2D eigenvalue weighted by Crippen LogP contribution is 2.51. The van der Waals surface area contributed by atoms with Crippen molar-refractivity contribution in [3.63, 3.8) is 0 Å². The number of esters is 1. The summed E-state index contributed by atoms with van der Waals surface area (Å²) in [5.74, 6) is -0.695. The molecule has 0 radical (unpaired) electrons. The van der Waals surface area contributed by atoms with Crippen LogP contribution in [0.25, 0.3) is 10.9 Å². The first kappa shape index (κ1) is 18.3. The van der Waals surface area contributed by atoms with Gasteiger partial charge in [-0.05, 0) is 49.2 Å². The second-order valence-electron chi connectivity index (χ2n) is 7.01. The van der Waals surface area contributed by atoms with Gasteiger partial charge < -0.3 is 4.74 Å². The maximum absolute atomic E-state index is 13.2. The Bertz CT molecular complexity index is 1230. The Morgan fingerprint density at radius 3 is 2.57 bits per heavy atom. The van der Waals surface area contributed by atoms with E-state index < -0.39 is 10.0 Å². The minimum Gasteiger partial charge on any atom is -0.469 e. The molecule has 0 aliphatic heterocycles. The van der Waals surface area contributed by atoms with Crippen molar-refractivity contribution in [2.75, 3.05) is 7.11 Å². The third kappa shape index (κ3) is 2.86. The molecule has 1 aromatic heterocycles. The fourth-order valence-electron chi connectivity index (χ4n) is 3.56. The summed E-state index contributed by atoms with van der Waals surface area (Å²) in [5.41, 5.74) is 2.65. The first-order valence-corrected chi connectivity index (χ1v) is 10.3. The fourth-order valence-corrected chi connectivity index (χ4v) is 4.94. The molecule has 0 amide bonds. The highest BCUT2D eigenvalue weighted by atomic mass is 32.2. The largest absolute Gasteiger partial charge is 0.469 e. The van der Waals surface area contributed by atoms with Crippen molar-refractivity contribution in [3.05, 3.63) is 65.4 Å². The molecule has 2 atom stereocenters. The standard InChI is InChI=1S/C21H18N2O4S/c1-13-3-6-15(7-4-13)28(25,26)23-12-19(16-10-18(16)21(24)27-2)17-9-14(11-22)5-8-20(17)23/h3-9,12,16,18H,10H2,1-2H3/t16-,18+/m0/s1. The molecule has 2 aromatic carbocycles. The van der Waals surface area contributed by atoms with Crippen LogP contribution >= 0.6 is 0 Å². The summed E-state index contributed by atoms with van der Waals surface area (Å²) >= 11 is 0. The van der Waals surface area contributed by atoms with Crippen molar-refractivity contribution >= 4 is 26.9 Å². The van der Waals surface area contributed by atoms with Gasteiger partial charge in [-0.15, -0.1) is 0 Å². The van der Waals surface area contributed by atoms with Crippen LogP contribution in [-0.4, -0.2) is 25.5 Å². The van der Waals surface area contributed by atoms with Crippen molar-refractivity contribution < 1.29 is 17.9 Å². The Hall–Kier alpha value is -3.11. The number of aryl methyl sites for hydroxylation is 1. The lowest BCUT2D eigenvalue weighted by atomic mass is 10.1. The van der Waals surface area contributed by atoms with E-state index in [1.807, 2.05) is 6.92 Å². The number of rotatable bonds is 4. The van der Waals surface area contributed by atoms with E-state index in [0.717, 1.165) is 11.1 Å². The van der Waals surface area contributed by atoms with Gasteiger partial charge in [0, 0.05) is 17.5 Å². The summed E-state index contributed by atoms with van der Waals surface area (Å²) in [7, 11) is -2.47. The predicted octanol–water partition coefficient (Wildman–Crippen LogP) is 3.33. The number of nitrogens with zero attached hydrogens (tertiary/aromatic N) is 2. The molecule has 0 bridgehead atoms. The number of methoxy groups -OCH3 is 1. The number of carbonyl (C=O) groups excluding carboxylic acids is 1. The van der Waals surface area contributed by atoms with Crippen molar-refractivity contribution in [2.24, 2.45) is 5.92 Å². The average molecular weight is 394 g/mol. The van der Waals surface area contributed by atoms with Gasteiger partial charge in [0.1, 0.15) is 0 Å². The quantitative estimate of drug-likeness (QED) is 0.633. The van der Waals surface area contributed by atoms with Gasteiger partial charge in [-0.3, -0.25) is 4.79 Å². The van der Waals surface area contributed by atoms with Crippen LogP contribution in [0.4, 0.5) is 0 Å². The van der Waals surface area contributed by atoms with E-state index in [-0.39, 0.29) is 22.7 Å². The van der Waals surface area contributed by atoms with E-state index in [1.54, 1.807) is 48.7 Å². The van der Waals surface area contributed by atoms with Gasteiger partial charge in [0.25, 0.3) is 10.0 Å². The molecular weight excluding hydrogens is 376 g/mol. The Balaban J connectivity index is 1.89. The minimum absolute atomic E-state index is 0.113. The topological polar surface area (TPSA) is 89.2 Å². The summed E-state index contributed by atoms with van der Waals surface area (Å²) < 4.78 is 32.6. The molecule has 3 aromatic rings. The van der Waals surface area contributed by atoms with Crippen LogP contribution in [0.5, 0.6) is 0 Å². The molecule has 1 saturated carbocycles. The summed E-state index contributed by atoms with van der Waals surface area (Å²) in [6.07, 6.45) is 2.18. The predicted molar refractivity (Wildman–Crippen MR) is 103 cm³/mol. The molecule has 0 saturated heterocycles. The van der Waals surface area contributed by atoms with Crippen LogP contribution in [0.15, 0.2) is 53.6 Å². The molecule has 1 fully saturated rings. The highest BCUT2D eigenvalue weighted by molar-refractivity contribution is 7.90. The number of fused-ring (bicyclic) bond motifs is 1. The molecule has 0 unspecified atom stereocenters. The van der Waals surface area contributed by atoms with E-state index in [9.17, 15) is 18.5 Å². The van der Waals surface area contributed by atoms with Gasteiger partial charge >= 0.3 is 5.97 Å². The Morgan fingerprint density at radius 2 is 1.93 bits per heavy atom. The van der Waals surface area contributed by atoms with E-state index >= 15 is 0 Å². The van der Waals surface area contributed by atoms with Crippen LogP contribution in [-0.2, 0) is 19.6 Å². The summed E-state index contributed by atoms with van der Waals surface area (Å²) in [4.78, 5) is 12.1. The first-order chi connectivity index (χ1) is 13.4. The lowest BCUT2D eigenvalue weighted by Gasteiger charge is -2.08. The number of hydrogen-bond donors (Lipinski definition) is 0. The van der Waals surface area contributed by atoms with Crippen LogP contribution < -0.4 is 0 Å². The van der Waals surface area contributed by atoms with E-state index in [2.05, 4.69) is 6.07 Å². The Labute approximate surface area is 163 Å². The van der Waals surface area contributed by atoms with Crippen molar-refractivity contribution in [2.45, 2.75) is 24.2 Å². The van der Waals surface area contributed by atoms with Crippen LogP contribution in [0.1, 0.15) is 29.0 Å². The van der Waals surface area contributed by atoms with Crippen LogP contribution in [0, 0.1) is 24.2 Å². The monoisotopic (exact) mass is 394 g/mol. The van der Waals surface area contributed by atoms with Gasteiger partial charge in [0.15, 0.2) is 0 Å². The SMILES string of the molecule is COC(=O)[C@@H]1C[C@@H]1c1cn(S(=O)(=O)c2ccc(C)cc2)c2ccc(C#N)cc12. The molecule has 4 rings (SSSR count). The van der Waals surface area contributed by atoms with E-state index in [1.165, 1.54) is 11.1 Å². The molecular formula is C21H18N2O4S. The average Bonchev–Trinajstić information content (AvgIpc) is 3.40. The summed E-state index contributed by atoms with van der Waals surface area (Å²) in [6.45, 7) is 1.89. The van der Waals surface area contributed by atoms with Crippen LogP contribution in [0.3, 0.4) is 0 Å².